The van der Waals surface area contributed by atoms with Gasteiger partial charge in [0, 0.05) is 6.04 Å². The molecule has 172 valence electrons. The molecule has 0 bridgehead atoms. The Balaban J connectivity index is 1.66. The molecule has 2 atom stereocenters. The van der Waals surface area contributed by atoms with Gasteiger partial charge in [-0.3, -0.25) is 9.59 Å². The number of sulfone groups is 1. The van der Waals surface area contributed by atoms with E-state index in [1.807, 2.05) is 24.3 Å². The van der Waals surface area contributed by atoms with Crippen molar-refractivity contribution in [3.05, 3.63) is 75.6 Å². The van der Waals surface area contributed by atoms with E-state index < -0.39 is 27.8 Å². The molecular weight excluding hydrogens is 442 g/mol. The molecule has 2 aromatic carbocycles. The maximum Gasteiger partial charge on any atom is 0.291 e. The van der Waals surface area contributed by atoms with Crippen LogP contribution >= 0.6 is 0 Å². The van der Waals surface area contributed by atoms with Crippen LogP contribution in [0.3, 0.4) is 0 Å². The number of carbonyl (C=O) groups excluding carboxylic acids is 1. The first-order valence-electron chi connectivity index (χ1n) is 11.2. The van der Waals surface area contributed by atoms with E-state index in [9.17, 15) is 18.0 Å². The third kappa shape index (κ3) is 3.82. The number of nitrogens with zero attached hydrogens (tertiary/aromatic N) is 1. The number of amides is 1. The zero-order valence-corrected chi connectivity index (χ0v) is 19.1. The predicted molar refractivity (Wildman–Crippen MR) is 124 cm³/mol. The van der Waals surface area contributed by atoms with Crippen molar-refractivity contribution in [3.8, 4) is 5.75 Å². The van der Waals surface area contributed by atoms with Gasteiger partial charge < -0.3 is 14.1 Å². The molecule has 3 heterocycles. The highest BCUT2D eigenvalue weighted by Gasteiger charge is 2.48. The number of ether oxygens (including phenoxy) is 1. The Labute approximate surface area is 191 Å². The van der Waals surface area contributed by atoms with Crippen LogP contribution in [-0.4, -0.2) is 43.4 Å². The van der Waals surface area contributed by atoms with Crippen molar-refractivity contribution in [2.24, 2.45) is 0 Å². The lowest BCUT2D eigenvalue weighted by molar-refractivity contribution is 0.0662. The van der Waals surface area contributed by atoms with Crippen LogP contribution in [0.15, 0.2) is 57.7 Å². The maximum atomic E-state index is 13.5. The first kappa shape index (κ1) is 21.7. The van der Waals surface area contributed by atoms with Gasteiger partial charge in [-0.2, -0.15) is 0 Å². The van der Waals surface area contributed by atoms with E-state index in [2.05, 4.69) is 6.92 Å². The molecule has 8 heteroatoms. The standard InChI is InChI=1S/C25H25NO6S/c1-2-3-12-31-18-8-6-7-16(14-18)22-21-23(27)19-9-4-5-10-20(19)32-24(21)25(28)26(22)17-11-13-33(29,30)15-17/h4-10,14,17,22H,2-3,11-13,15H2,1H3. The van der Waals surface area contributed by atoms with Gasteiger partial charge in [-0.15, -0.1) is 0 Å². The van der Waals surface area contributed by atoms with Gasteiger partial charge in [-0.25, -0.2) is 8.42 Å². The van der Waals surface area contributed by atoms with Crippen molar-refractivity contribution in [3.63, 3.8) is 0 Å². The van der Waals surface area contributed by atoms with E-state index in [4.69, 9.17) is 9.15 Å². The second-order valence-corrected chi connectivity index (χ2v) is 10.8. The number of carbonyl (C=O) groups is 1. The summed E-state index contributed by atoms with van der Waals surface area (Å²) in [6.45, 7) is 2.65. The van der Waals surface area contributed by atoms with Crippen LogP contribution in [0, 0.1) is 0 Å². The van der Waals surface area contributed by atoms with Crippen LogP contribution in [0.25, 0.3) is 11.0 Å². The molecule has 7 nitrogen and oxygen atoms in total. The van der Waals surface area contributed by atoms with Crippen LogP contribution in [0.4, 0.5) is 0 Å². The number of benzene rings is 2. The van der Waals surface area contributed by atoms with Crippen molar-refractivity contribution in [1.29, 1.82) is 0 Å². The minimum atomic E-state index is -3.25. The van der Waals surface area contributed by atoms with E-state index in [-0.39, 0.29) is 28.3 Å². The Morgan fingerprint density at radius 2 is 1.94 bits per heavy atom. The average Bonchev–Trinajstić information content (AvgIpc) is 3.31. The zero-order valence-electron chi connectivity index (χ0n) is 18.3. The fourth-order valence-corrected chi connectivity index (χ4v) is 6.46. The molecule has 0 spiro atoms. The third-order valence-corrected chi connectivity index (χ3v) is 8.11. The molecule has 33 heavy (non-hydrogen) atoms. The van der Waals surface area contributed by atoms with Gasteiger partial charge in [-0.05, 0) is 42.7 Å². The van der Waals surface area contributed by atoms with Gasteiger partial charge in [-0.1, -0.05) is 37.6 Å². The molecule has 1 saturated heterocycles. The SMILES string of the molecule is CCCCOc1cccc(C2c3c(oc4ccccc4c3=O)C(=O)N2C2CCS(=O)(=O)C2)c1. The summed E-state index contributed by atoms with van der Waals surface area (Å²) in [7, 11) is -3.25. The summed E-state index contributed by atoms with van der Waals surface area (Å²) in [4.78, 5) is 28.6. The van der Waals surface area contributed by atoms with Gasteiger partial charge in [0.15, 0.2) is 15.3 Å². The number of para-hydroxylation sites is 1. The van der Waals surface area contributed by atoms with E-state index in [1.165, 1.54) is 4.90 Å². The minimum Gasteiger partial charge on any atom is -0.494 e. The highest BCUT2D eigenvalue weighted by atomic mass is 32.2. The Morgan fingerprint density at radius 1 is 1.12 bits per heavy atom. The molecule has 0 radical (unpaired) electrons. The molecule has 1 aromatic heterocycles. The Morgan fingerprint density at radius 3 is 2.70 bits per heavy atom. The van der Waals surface area contributed by atoms with Gasteiger partial charge in [0.1, 0.15) is 11.3 Å². The fourth-order valence-electron chi connectivity index (χ4n) is 4.74. The molecule has 0 aliphatic carbocycles. The molecule has 2 aliphatic heterocycles. The quantitative estimate of drug-likeness (QED) is 0.513. The van der Waals surface area contributed by atoms with Crippen LogP contribution in [0.5, 0.6) is 5.75 Å². The van der Waals surface area contributed by atoms with Crippen LogP contribution in [-0.2, 0) is 9.84 Å². The average molecular weight is 468 g/mol. The minimum absolute atomic E-state index is 0.00898. The van der Waals surface area contributed by atoms with Gasteiger partial charge in [0.25, 0.3) is 5.91 Å². The monoisotopic (exact) mass is 467 g/mol. The summed E-state index contributed by atoms with van der Waals surface area (Å²) in [6, 6.07) is 12.9. The fraction of sp³-hybridized carbons (Fsp3) is 0.360. The van der Waals surface area contributed by atoms with Crippen LogP contribution in [0.2, 0.25) is 0 Å². The van der Waals surface area contributed by atoms with Crippen LogP contribution in [0.1, 0.15) is 53.9 Å². The predicted octanol–water partition coefficient (Wildman–Crippen LogP) is 3.70. The number of rotatable bonds is 6. The maximum absolute atomic E-state index is 13.5. The lowest BCUT2D eigenvalue weighted by atomic mass is 9.97. The van der Waals surface area contributed by atoms with Crippen molar-refractivity contribution in [2.75, 3.05) is 18.1 Å². The number of fused-ring (bicyclic) bond motifs is 2. The largest absolute Gasteiger partial charge is 0.494 e. The molecule has 2 unspecified atom stereocenters. The summed E-state index contributed by atoms with van der Waals surface area (Å²) in [5.74, 6) is 0.0890. The summed E-state index contributed by atoms with van der Waals surface area (Å²) in [6.07, 6.45) is 2.25. The van der Waals surface area contributed by atoms with Crippen molar-refractivity contribution < 1.29 is 22.4 Å². The second kappa shape index (κ2) is 8.33. The number of hydrogen-bond acceptors (Lipinski definition) is 6. The van der Waals surface area contributed by atoms with Gasteiger partial charge in [0.05, 0.1) is 35.1 Å². The Bertz CT molecular complexity index is 1390. The van der Waals surface area contributed by atoms with E-state index in [0.29, 0.717) is 35.3 Å². The Hall–Kier alpha value is -3.13. The molecule has 2 aliphatic rings. The van der Waals surface area contributed by atoms with E-state index in [1.54, 1.807) is 24.3 Å². The highest BCUT2D eigenvalue weighted by Crippen LogP contribution is 2.42. The lowest BCUT2D eigenvalue weighted by Crippen LogP contribution is -2.40. The topological polar surface area (TPSA) is 93.9 Å². The lowest BCUT2D eigenvalue weighted by Gasteiger charge is -2.30. The van der Waals surface area contributed by atoms with Crippen molar-refractivity contribution >= 4 is 26.7 Å². The molecule has 0 N–H and O–H groups in total. The van der Waals surface area contributed by atoms with Gasteiger partial charge >= 0.3 is 0 Å². The second-order valence-electron chi connectivity index (χ2n) is 8.62. The first-order chi connectivity index (χ1) is 15.9. The van der Waals surface area contributed by atoms with E-state index in [0.717, 1.165) is 12.8 Å². The zero-order chi connectivity index (χ0) is 23.2. The van der Waals surface area contributed by atoms with Crippen LogP contribution < -0.4 is 10.2 Å². The number of unbranched alkanes of at least 4 members (excludes halogenated alkanes) is 1. The summed E-state index contributed by atoms with van der Waals surface area (Å²) in [5, 5.41) is 0.394. The molecule has 5 rings (SSSR count). The van der Waals surface area contributed by atoms with E-state index >= 15 is 0 Å². The van der Waals surface area contributed by atoms with Crippen molar-refractivity contribution in [1.82, 2.24) is 4.90 Å². The molecule has 0 saturated carbocycles. The first-order valence-corrected chi connectivity index (χ1v) is 13.0. The summed E-state index contributed by atoms with van der Waals surface area (Å²) in [5.41, 5.74) is 1.02. The number of hydrogen-bond donors (Lipinski definition) is 0. The summed E-state index contributed by atoms with van der Waals surface area (Å²) < 4.78 is 36.3. The highest BCUT2D eigenvalue weighted by molar-refractivity contribution is 7.91. The Kier molecular flexibility index (Phi) is 5.48. The molecule has 1 amide bonds. The van der Waals surface area contributed by atoms with Crippen molar-refractivity contribution in [2.45, 2.75) is 38.3 Å². The molecule has 1 fully saturated rings. The van der Waals surface area contributed by atoms with Gasteiger partial charge in [0.2, 0.25) is 5.76 Å². The normalized spacial score (nSPS) is 21.5. The third-order valence-electron chi connectivity index (χ3n) is 6.36. The smallest absolute Gasteiger partial charge is 0.291 e. The molecular formula is C25H25NO6S. The summed E-state index contributed by atoms with van der Waals surface area (Å²) >= 11 is 0. The molecule has 3 aromatic rings.